The molecular weight excluding hydrogens is 436 g/mol. The molecule has 2 heterocycles. The highest BCUT2D eigenvalue weighted by molar-refractivity contribution is 7.17. The van der Waals surface area contributed by atoms with Gasteiger partial charge in [-0.05, 0) is 84.7 Å². The number of nitrogens with one attached hydrogen (secondary N) is 2. The van der Waals surface area contributed by atoms with Crippen LogP contribution in [-0.4, -0.2) is 11.8 Å². The lowest BCUT2D eigenvalue weighted by molar-refractivity contribution is 0.102. The third-order valence-corrected chi connectivity index (χ3v) is 8.49. The average molecular weight is 467 g/mol. The fourth-order valence-corrected chi connectivity index (χ4v) is 6.18. The number of carbonyl (C=O) groups excluding carboxylic acids is 2. The minimum atomic E-state index is -0.161. The standard InChI is InChI=1S/C26H30N2O2S2/c1-15-8-10-18(13-16(15)2)27-24(30)22-19-11-9-17(26(3,4)5)14-21(19)32-25(22)28-23(29)20-7-6-12-31-20/h6-8,10,12-13,17H,9,11,14H2,1-5H3,(H,27,30)(H,28,29). The van der Waals surface area contributed by atoms with E-state index in [9.17, 15) is 9.59 Å². The van der Waals surface area contributed by atoms with Gasteiger partial charge in [-0.25, -0.2) is 0 Å². The van der Waals surface area contributed by atoms with Crippen LogP contribution in [-0.2, 0) is 12.8 Å². The Hall–Kier alpha value is -2.44. The van der Waals surface area contributed by atoms with Crippen LogP contribution in [0.1, 0.15) is 68.8 Å². The van der Waals surface area contributed by atoms with Crippen LogP contribution in [0.3, 0.4) is 0 Å². The first kappa shape index (κ1) is 22.7. The zero-order valence-corrected chi connectivity index (χ0v) is 20.9. The number of fused-ring (bicyclic) bond motifs is 1. The maximum absolute atomic E-state index is 13.5. The van der Waals surface area contributed by atoms with Gasteiger partial charge in [0, 0.05) is 10.6 Å². The molecule has 4 nitrogen and oxygen atoms in total. The molecule has 4 rings (SSSR count). The van der Waals surface area contributed by atoms with Crippen molar-refractivity contribution in [3.8, 4) is 0 Å². The smallest absolute Gasteiger partial charge is 0.266 e. The molecule has 0 fully saturated rings. The number of hydrogen-bond acceptors (Lipinski definition) is 4. The van der Waals surface area contributed by atoms with Crippen LogP contribution in [0.4, 0.5) is 10.7 Å². The molecule has 1 unspecified atom stereocenters. The van der Waals surface area contributed by atoms with E-state index in [1.807, 2.05) is 36.6 Å². The Balaban J connectivity index is 1.68. The first-order valence-electron chi connectivity index (χ1n) is 11.0. The van der Waals surface area contributed by atoms with Crippen molar-refractivity contribution < 1.29 is 9.59 Å². The molecule has 32 heavy (non-hydrogen) atoms. The first-order valence-corrected chi connectivity index (χ1v) is 12.7. The molecule has 1 aliphatic carbocycles. The van der Waals surface area contributed by atoms with E-state index in [0.717, 1.165) is 36.1 Å². The Morgan fingerprint density at radius 2 is 1.81 bits per heavy atom. The van der Waals surface area contributed by atoms with Crippen molar-refractivity contribution >= 4 is 45.2 Å². The minimum Gasteiger partial charge on any atom is -0.322 e. The molecule has 0 spiro atoms. The third-order valence-electron chi connectivity index (χ3n) is 6.45. The van der Waals surface area contributed by atoms with Gasteiger partial charge in [-0.15, -0.1) is 22.7 Å². The second-order valence-corrected chi connectivity index (χ2v) is 11.8. The van der Waals surface area contributed by atoms with E-state index >= 15 is 0 Å². The molecule has 168 valence electrons. The van der Waals surface area contributed by atoms with Gasteiger partial charge in [0.2, 0.25) is 0 Å². The topological polar surface area (TPSA) is 58.2 Å². The van der Waals surface area contributed by atoms with Gasteiger partial charge >= 0.3 is 0 Å². The summed E-state index contributed by atoms with van der Waals surface area (Å²) in [5.74, 6) is 0.248. The number of rotatable bonds is 4. The zero-order chi connectivity index (χ0) is 23.0. The predicted octanol–water partition coefficient (Wildman–Crippen LogP) is 7.08. The second-order valence-electron chi connectivity index (χ2n) is 9.70. The molecule has 3 aromatic rings. The predicted molar refractivity (Wildman–Crippen MR) is 135 cm³/mol. The highest BCUT2D eigenvalue weighted by Gasteiger charge is 2.34. The first-order chi connectivity index (χ1) is 15.1. The SMILES string of the molecule is Cc1ccc(NC(=O)c2c(NC(=O)c3cccs3)sc3c2CCC(C(C)(C)C)C3)cc1C. The van der Waals surface area contributed by atoms with E-state index in [1.54, 1.807) is 17.4 Å². The lowest BCUT2D eigenvalue weighted by Crippen LogP contribution is -2.27. The summed E-state index contributed by atoms with van der Waals surface area (Å²) < 4.78 is 0. The van der Waals surface area contributed by atoms with Gasteiger partial charge in [0.05, 0.1) is 10.4 Å². The van der Waals surface area contributed by atoms with Crippen LogP contribution in [0.2, 0.25) is 0 Å². The highest BCUT2D eigenvalue weighted by Crippen LogP contribution is 2.44. The maximum Gasteiger partial charge on any atom is 0.266 e. The Morgan fingerprint density at radius 1 is 1.03 bits per heavy atom. The van der Waals surface area contributed by atoms with E-state index in [-0.39, 0.29) is 17.2 Å². The van der Waals surface area contributed by atoms with Crippen molar-refractivity contribution in [2.75, 3.05) is 10.6 Å². The molecule has 1 aromatic carbocycles. The normalized spacial score (nSPS) is 15.8. The number of anilines is 2. The van der Waals surface area contributed by atoms with Crippen molar-refractivity contribution in [2.24, 2.45) is 11.3 Å². The summed E-state index contributed by atoms with van der Waals surface area (Å²) in [5, 5.41) is 8.65. The fraction of sp³-hybridized carbons (Fsp3) is 0.385. The quantitative estimate of drug-likeness (QED) is 0.431. The number of thiophene rings is 2. The Labute approximate surface area is 198 Å². The fourth-order valence-electron chi connectivity index (χ4n) is 4.24. The number of carbonyl (C=O) groups is 2. The second kappa shape index (κ2) is 8.83. The summed E-state index contributed by atoms with van der Waals surface area (Å²) >= 11 is 2.96. The van der Waals surface area contributed by atoms with Gasteiger partial charge in [-0.1, -0.05) is 32.9 Å². The van der Waals surface area contributed by atoms with Gasteiger partial charge in [-0.2, -0.15) is 0 Å². The van der Waals surface area contributed by atoms with Crippen molar-refractivity contribution in [3.05, 3.63) is 67.7 Å². The van der Waals surface area contributed by atoms with Gasteiger partial charge in [0.25, 0.3) is 11.8 Å². The number of benzene rings is 1. The van der Waals surface area contributed by atoms with Gasteiger partial charge < -0.3 is 10.6 Å². The zero-order valence-electron chi connectivity index (χ0n) is 19.3. The molecule has 2 aromatic heterocycles. The van der Waals surface area contributed by atoms with Gasteiger partial charge in [-0.3, -0.25) is 9.59 Å². The Kier molecular flexibility index (Phi) is 6.28. The van der Waals surface area contributed by atoms with Crippen LogP contribution in [0, 0.1) is 25.2 Å². The Bertz CT molecular complexity index is 1150. The van der Waals surface area contributed by atoms with E-state index in [2.05, 4.69) is 38.3 Å². The molecule has 6 heteroatoms. The number of aryl methyl sites for hydroxylation is 2. The molecule has 2 amide bonds. The molecule has 0 bridgehead atoms. The molecule has 1 atom stereocenters. The molecule has 2 N–H and O–H groups in total. The van der Waals surface area contributed by atoms with Crippen LogP contribution < -0.4 is 10.6 Å². The van der Waals surface area contributed by atoms with Gasteiger partial charge in [0.15, 0.2) is 0 Å². The van der Waals surface area contributed by atoms with E-state index < -0.39 is 0 Å². The van der Waals surface area contributed by atoms with Crippen molar-refractivity contribution in [2.45, 2.75) is 53.9 Å². The summed E-state index contributed by atoms with van der Waals surface area (Å²) in [5.41, 5.74) is 5.03. The van der Waals surface area contributed by atoms with Crippen LogP contribution in [0.5, 0.6) is 0 Å². The number of amides is 2. The van der Waals surface area contributed by atoms with Crippen molar-refractivity contribution in [3.63, 3.8) is 0 Å². The summed E-state index contributed by atoms with van der Waals surface area (Å²) in [6.07, 6.45) is 2.86. The lowest BCUT2D eigenvalue weighted by atomic mass is 9.72. The lowest BCUT2D eigenvalue weighted by Gasteiger charge is -2.33. The summed E-state index contributed by atoms with van der Waals surface area (Å²) in [7, 11) is 0. The van der Waals surface area contributed by atoms with Crippen LogP contribution in [0.25, 0.3) is 0 Å². The molecule has 0 saturated carbocycles. The number of hydrogen-bond donors (Lipinski definition) is 2. The third kappa shape index (κ3) is 4.66. The van der Waals surface area contributed by atoms with Crippen LogP contribution >= 0.6 is 22.7 Å². The molecule has 0 radical (unpaired) electrons. The van der Waals surface area contributed by atoms with E-state index in [4.69, 9.17) is 0 Å². The van der Waals surface area contributed by atoms with Crippen molar-refractivity contribution in [1.29, 1.82) is 0 Å². The Morgan fingerprint density at radius 3 is 2.47 bits per heavy atom. The molecule has 0 saturated heterocycles. The van der Waals surface area contributed by atoms with E-state index in [0.29, 0.717) is 21.4 Å². The average Bonchev–Trinajstić information content (AvgIpc) is 3.37. The summed E-state index contributed by atoms with van der Waals surface area (Å²) in [6, 6.07) is 9.60. The molecular formula is C26H30N2O2S2. The largest absolute Gasteiger partial charge is 0.322 e. The van der Waals surface area contributed by atoms with Gasteiger partial charge in [0.1, 0.15) is 5.00 Å². The van der Waals surface area contributed by atoms with Crippen molar-refractivity contribution in [1.82, 2.24) is 0 Å². The monoisotopic (exact) mass is 466 g/mol. The molecule has 1 aliphatic rings. The summed E-state index contributed by atoms with van der Waals surface area (Å²) in [6.45, 7) is 10.9. The summed E-state index contributed by atoms with van der Waals surface area (Å²) in [4.78, 5) is 28.1. The maximum atomic E-state index is 13.5. The highest BCUT2D eigenvalue weighted by atomic mass is 32.1. The molecule has 0 aliphatic heterocycles. The van der Waals surface area contributed by atoms with E-state index in [1.165, 1.54) is 21.8 Å². The van der Waals surface area contributed by atoms with Crippen LogP contribution in [0.15, 0.2) is 35.7 Å². The minimum absolute atomic E-state index is 0.151.